The second kappa shape index (κ2) is 19.4. The molecule has 2 aromatic heterocycles. The molecule has 1 N–H and O–H groups in total. The van der Waals surface area contributed by atoms with Crippen molar-refractivity contribution in [1.29, 1.82) is 0 Å². The molecule has 11 nitrogen and oxygen atoms in total. The summed E-state index contributed by atoms with van der Waals surface area (Å²) in [5.74, 6) is -0.332. The largest absolute Gasteiger partial charge is 0.462 e. The van der Waals surface area contributed by atoms with Crippen molar-refractivity contribution >= 4 is 55.1 Å². The fourth-order valence-corrected chi connectivity index (χ4v) is 9.90. The fraction of sp³-hybridized carbons (Fsp3) is 0.348. The van der Waals surface area contributed by atoms with E-state index in [0.29, 0.717) is 43.4 Å². The number of nitrogens with zero attached hydrogens (tertiary/aromatic N) is 5. The van der Waals surface area contributed by atoms with Crippen LogP contribution in [0.25, 0.3) is 32.8 Å². The van der Waals surface area contributed by atoms with Gasteiger partial charge in [0, 0.05) is 47.5 Å². The molecule has 0 spiro atoms. The van der Waals surface area contributed by atoms with E-state index in [1.165, 1.54) is 4.31 Å². The molecular weight excluding hydrogens is 781 g/mol. The number of hydrogen-bond acceptors (Lipinski definition) is 11. The highest BCUT2D eigenvalue weighted by Gasteiger charge is 2.28. The summed E-state index contributed by atoms with van der Waals surface area (Å²) in [7, 11) is 0.507. The van der Waals surface area contributed by atoms with E-state index in [1.54, 1.807) is 18.0 Å². The second-order valence-electron chi connectivity index (χ2n) is 15.0. The molecule has 0 amide bonds. The van der Waals surface area contributed by atoms with Crippen LogP contribution in [0, 0.1) is 34.6 Å². The van der Waals surface area contributed by atoms with E-state index < -0.39 is 10.0 Å². The number of fused-ring (bicyclic) bond motifs is 2. The van der Waals surface area contributed by atoms with Gasteiger partial charge >= 0.3 is 5.97 Å². The Labute approximate surface area is 352 Å². The lowest BCUT2D eigenvalue weighted by molar-refractivity contribution is 0.0527. The van der Waals surface area contributed by atoms with Crippen LogP contribution in [0.1, 0.15) is 51.8 Å². The molecule has 13 heteroatoms. The van der Waals surface area contributed by atoms with Crippen molar-refractivity contribution in [3.63, 3.8) is 0 Å². The van der Waals surface area contributed by atoms with Crippen molar-refractivity contribution in [3.8, 4) is 11.1 Å². The molecule has 0 atom stereocenters. The van der Waals surface area contributed by atoms with Gasteiger partial charge in [-0.3, -0.25) is 4.98 Å². The number of aromatic nitrogens is 3. The van der Waals surface area contributed by atoms with E-state index in [2.05, 4.69) is 82.6 Å². The Morgan fingerprint density at radius 2 is 1.59 bits per heavy atom. The third kappa shape index (κ3) is 10.5. The van der Waals surface area contributed by atoms with E-state index in [-0.39, 0.29) is 5.97 Å². The Bertz CT molecular complexity index is 2550. The standard InChI is InChI=1S/C27H27N3O3S2.C19H27N3O2/c1-18-8-9-21(17-26(18)35(31,32)30-12-14-33-15-13-30)22-10-11-25(24-7-5-4-6-23(22)24)34-27-28-19(2)16-20(3)29-27;1-6-24-19(23)16-12-21-17-14(3)10-13(2)11-15(17)18(16)20-8-7-9-22(4)5/h4-11,16-17H,12-15H2,1-3H3;10-12H,6-9H2,1-5H3,(H,20,21). The normalized spacial score (nSPS) is 13.4. The minimum absolute atomic E-state index is 0.332. The lowest BCUT2D eigenvalue weighted by atomic mass is 9.97. The molecule has 0 bridgehead atoms. The van der Waals surface area contributed by atoms with Crippen molar-refractivity contribution < 1.29 is 22.7 Å². The SMILES string of the molecule is CCOC(=O)c1cnc2c(C)cc(C)cc2c1NCCCN(C)C.Cc1cc(C)nc(Sc2ccc(-c3ccc(C)c(S(=O)(=O)N4CCOCC4)c3)c3ccccc23)n1. The van der Waals surface area contributed by atoms with Crippen LogP contribution in [-0.4, -0.2) is 98.6 Å². The zero-order valence-corrected chi connectivity index (χ0v) is 36.9. The van der Waals surface area contributed by atoms with Crippen molar-refractivity contribution in [3.05, 3.63) is 113 Å². The fourth-order valence-electron chi connectivity index (χ4n) is 7.24. The minimum Gasteiger partial charge on any atom is -0.462 e. The Kier molecular flexibility index (Phi) is 14.4. The molecule has 4 aromatic carbocycles. The molecule has 1 aliphatic heterocycles. The number of nitrogens with one attached hydrogen (secondary N) is 1. The third-order valence-electron chi connectivity index (χ3n) is 10.0. The third-order valence-corrected chi connectivity index (χ3v) is 13.0. The first-order valence-electron chi connectivity index (χ1n) is 19.9. The summed E-state index contributed by atoms with van der Waals surface area (Å²) in [6.07, 6.45) is 2.61. The molecule has 1 saturated heterocycles. The summed E-state index contributed by atoms with van der Waals surface area (Å²) in [5, 5.41) is 7.27. The van der Waals surface area contributed by atoms with Gasteiger partial charge in [-0.05, 0) is 138 Å². The van der Waals surface area contributed by atoms with Crippen molar-refractivity contribution in [2.24, 2.45) is 0 Å². The number of aryl methyl sites for hydroxylation is 5. The number of benzene rings is 4. The first kappa shape index (κ1) is 43.7. The Balaban J connectivity index is 0.000000214. The van der Waals surface area contributed by atoms with Gasteiger partial charge in [-0.1, -0.05) is 54.1 Å². The van der Waals surface area contributed by atoms with Gasteiger partial charge in [0.2, 0.25) is 10.0 Å². The molecule has 1 aliphatic rings. The first-order valence-corrected chi connectivity index (χ1v) is 22.2. The van der Waals surface area contributed by atoms with E-state index in [9.17, 15) is 13.2 Å². The maximum absolute atomic E-state index is 13.4. The number of morpholine rings is 1. The average molecular weight is 835 g/mol. The van der Waals surface area contributed by atoms with Crippen LogP contribution >= 0.6 is 11.8 Å². The first-order chi connectivity index (χ1) is 28.3. The van der Waals surface area contributed by atoms with Crippen LogP contribution in [0.2, 0.25) is 0 Å². The summed E-state index contributed by atoms with van der Waals surface area (Å²) in [5.41, 5.74) is 8.98. The summed E-state index contributed by atoms with van der Waals surface area (Å²) in [6, 6.07) is 24.2. The van der Waals surface area contributed by atoms with Crippen LogP contribution in [0.5, 0.6) is 0 Å². The molecule has 59 heavy (non-hydrogen) atoms. The Morgan fingerprint density at radius 3 is 2.29 bits per heavy atom. The van der Waals surface area contributed by atoms with Crippen molar-refractivity contribution in [1.82, 2.24) is 24.2 Å². The maximum atomic E-state index is 13.4. The number of hydrogen-bond donors (Lipinski definition) is 1. The molecule has 0 unspecified atom stereocenters. The number of pyridine rings is 1. The summed E-state index contributed by atoms with van der Waals surface area (Å²) in [4.78, 5) is 29.5. The van der Waals surface area contributed by atoms with E-state index >= 15 is 0 Å². The van der Waals surface area contributed by atoms with Gasteiger partial charge in [0.1, 0.15) is 5.56 Å². The lowest BCUT2D eigenvalue weighted by Gasteiger charge is -2.27. The van der Waals surface area contributed by atoms with Crippen molar-refractivity contribution in [2.75, 3.05) is 65.4 Å². The maximum Gasteiger partial charge on any atom is 0.341 e. The van der Waals surface area contributed by atoms with Gasteiger partial charge in [0.25, 0.3) is 0 Å². The van der Waals surface area contributed by atoms with E-state index in [1.807, 2.05) is 71.0 Å². The van der Waals surface area contributed by atoms with Crippen LogP contribution in [0.15, 0.2) is 93.9 Å². The number of carbonyl (C=O) groups is 1. The van der Waals surface area contributed by atoms with Gasteiger partial charge in [0.15, 0.2) is 5.16 Å². The highest BCUT2D eigenvalue weighted by molar-refractivity contribution is 7.99. The molecule has 0 saturated carbocycles. The van der Waals surface area contributed by atoms with Gasteiger partial charge in [0.05, 0.1) is 35.9 Å². The number of ether oxygens (including phenoxy) is 2. The summed E-state index contributed by atoms with van der Waals surface area (Å²) in [6.45, 7) is 15.4. The number of anilines is 1. The molecule has 0 aliphatic carbocycles. The van der Waals surface area contributed by atoms with Gasteiger partial charge in [-0.2, -0.15) is 4.31 Å². The molecular formula is C46H54N6O5S2. The zero-order chi connectivity index (χ0) is 42.3. The van der Waals surface area contributed by atoms with Gasteiger partial charge in [-0.15, -0.1) is 0 Å². The van der Waals surface area contributed by atoms with Gasteiger partial charge < -0.3 is 19.7 Å². The van der Waals surface area contributed by atoms with Gasteiger partial charge in [-0.25, -0.2) is 23.2 Å². The average Bonchev–Trinajstić information content (AvgIpc) is 3.20. The predicted molar refractivity (Wildman–Crippen MR) is 238 cm³/mol. The highest BCUT2D eigenvalue weighted by atomic mass is 32.2. The van der Waals surface area contributed by atoms with Crippen LogP contribution in [0.4, 0.5) is 5.69 Å². The number of carbonyl (C=O) groups excluding carboxylic acids is 1. The molecule has 3 heterocycles. The zero-order valence-electron chi connectivity index (χ0n) is 35.3. The quantitative estimate of drug-likeness (QED) is 0.0722. The summed E-state index contributed by atoms with van der Waals surface area (Å²) >= 11 is 1.54. The second-order valence-corrected chi connectivity index (χ2v) is 17.9. The lowest BCUT2D eigenvalue weighted by Crippen LogP contribution is -2.40. The topological polar surface area (TPSA) is 127 Å². The highest BCUT2D eigenvalue weighted by Crippen LogP contribution is 2.38. The van der Waals surface area contributed by atoms with Crippen LogP contribution in [0.3, 0.4) is 0 Å². The Morgan fingerprint density at radius 1 is 0.881 bits per heavy atom. The van der Waals surface area contributed by atoms with Crippen molar-refractivity contribution in [2.45, 2.75) is 62.9 Å². The van der Waals surface area contributed by atoms with Crippen LogP contribution in [-0.2, 0) is 19.5 Å². The Hall–Kier alpha value is -4.92. The molecule has 310 valence electrons. The molecule has 7 rings (SSSR count). The number of rotatable bonds is 12. The summed E-state index contributed by atoms with van der Waals surface area (Å²) < 4.78 is 38.9. The number of sulfonamides is 1. The smallest absolute Gasteiger partial charge is 0.341 e. The number of esters is 1. The van der Waals surface area contributed by atoms with E-state index in [4.69, 9.17) is 9.47 Å². The molecule has 0 radical (unpaired) electrons. The predicted octanol–water partition coefficient (Wildman–Crippen LogP) is 8.79. The molecule has 1 fully saturated rings. The van der Waals surface area contributed by atoms with Crippen LogP contribution < -0.4 is 5.32 Å². The monoisotopic (exact) mass is 834 g/mol. The molecule has 6 aromatic rings. The van der Waals surface area contributed by atoms with E-state index in [0.717, 1.165) is 96.1 Å². The minimum atomic E-state index is -3.60.